The molecule has 27 heavy (non-hydrogen) atoms. The monoisotopic (exact) mass is 360 g/mol. The van der Waals surface area contributed by atoms with Crippen LogP contribution in [-0.2, 0) is 6.42 Å². The van der Waals surface area contributed by atoms with E-state index < -0.39 is 12.2 Å². The number of aromatic hydroxyl groups is 1. The van der Waals surface area contributed by atoms with Gasteiger partial charge in [-0.3, -0.25) is 0 Å². The maximum Gasteiger partial charge on any atom is 0.115 e. The summed E-state index contributed by atoms with van der Waals surface area (Å²) in [6.07, 6.45) is 9.25. The first-order chi connectivity index (χ1) is 13.1. The first-order valence-corrected chi connectivity index (χ1v) is 9.41. The van der Waals surface area contributed by atoms with E-state index in [1.807, 2.05) is 42.5 Å². The van der Waals surface area contributed by atoms with Crippen molar-refractivity contribution in [2.75, 3.05) is 0 Å². The Morgan fingerprint density at radius 1 is 0.963 bits per heavy atom. The second kappa shape index (κ2) is 7.55. The maximum absolute atomic E-state index is 10.9. The molecule has 0 heterocycles. The van der Waals surface area contributed by atoms with Crippen LogP contribution < -0.4 is 0 Å². The third-order valence-corrected chi connectivity index (χ3v) is 5.40. The third kappa shape index (κ3) is 3.90. The van der Waals surface area contributed by atoms with Crippen molar-refractivity contribution in [1.29, 1.82) is 0 Å². The summed E-state index contributed by atoms with van der Waals surface area (Å²) in [6, 6.07) is 15.3. The summed E-state index contributed by atoms with van der Waals surface area (Å²) < 4.78 is 0. The molecule has 0 radical (unpaired) electrons. The zero-order chi connectivity index (χ0) is 18.8. The molecule has 0 fully saturated rings. The highest BCUT2D eigenvalue weighted by Gasteiger charge is 2.28. The fourth-order valence-electron chi connectivity index (χ4n) is 3.95. The number of fused-ring (bicyclic) bond motifs is 1. The van der Waals surface area contributed by atoms with Crippen molar-refractivity contribution >= 4 is 5.57 Å². The smallest absolute Gasteiger partial charge is 0.115 e. The SMILES string of the molecule is Oc1ccc(CC2=CC(CC3=CCC(O)C=C3)C(O)c3ccccc32)cc1. The minimum atomic E-state index is -0.536. The number of aliphatic hydroxyl groups is 2. The van der Waals surface area contributed by atoms with Crippen LogP contribution in [0.15, 0.2) is 78.4 Å². The largest absolute Gasteiger partial charge is 0.508 e. The number of benzene rings is 2. The fourth-order valence-corrected chi connectivity index (χ4v) is 3.95. The minimum Gasteiger partial charge on any atom is -0.508 e. The van der Waals surface area contributed by atoms with Crippen molar-refractivity contribution in [3.63, 3.8) is 0 Å². The van der Waals surface area contributed by atoms with Crippen molar-refractivity contribution in [3.8, 4) is 5.75 Å². The van der Waals surface area contributed by atoms with Gasteiger partial charge in [0.05, 0.1) is 12.2 Å². The number of phenolic OH excluding ortho intramolecular Hbond substituents is 1. The zero-order valence-electron chi connectivity index (χ0n) is 15.1. The molecule has 138 valence electrons. The zero-order valence-corrected chi connectivity index (χ0v) is 15.1. The van der Waals surface area contributed by atoms with Gasteiger partial charge >= 0.3 is 0 Å². The molecule has 0 aliphatic heterocycles. The molecule has 0 bridgehead atoms. The van der Waals surface area contributed by atoms with Crippen LogP contribution in [0.1, 0.15) is 35.6 Å². The Morgan fingerprint density at radius 3 is 2.48 bits per heavy atom. The molecule has 2 aromatic rings. The average molecular weight is 360 g/mol. The van der Waals surface area contributed by atoms with E-state index in [0.717, 1.165) is 35.1 Å². The third-order valence-electron chi connectivity index (χ3n) is 5.40. The molecule has 3 N–H and O–H groups in total. The van der Waals surface area contributed by atoms with Gasteiger partial charge in [-0.15, -0.1) is 0 Å². The number of phenols is 1. The second-order valence-electron chi connectivity index (χ2n) is 7.38. The Bertz CT molecular complexity index is 905. The van der Waals surface area contributed by atoms with Crippen LogP contribution in [0.25, 0.3) is 5.57 Å². The van der Waals surface area contributed by atoms with Gasteiger partial charge < -0.3 is 15.3 Å². The average Bonchev–Trinajstić information content (AvgIpc) is 2.69. The Kier molecular flexibility index (Phi) is 4.97. The molecule has 4 rings (SSSR count). The number of aliphatic hydroxyl groups excluding tert-OH is 2. The van der Waals surface area contributed by atoms with Crippen molar-refractivity contribution in [2.24, 2.45) is 5.92 Å². The summed E-state index contributed by atoms with van der Waals surface area (Å²) in [5.74, 6) is 0.265. The number of rotatable bonds is 4. The van der Waals surface area contributed by atoms with Crippen molar-refractivity contribution in [1.82, 2.24) is 0 Å². The lowest BCUT2D eigenvalue weighted by Gasteiger charge is -2.30. The molecule has 0 spiro atoms. The van der Waals surface area contributed by atoms with Gasteiger partial charge in [-0.25, -0.2) is 0 Å². The Balaban J connectivity index is 1.64. The number of hydrogen-bond donors (Lipinski definition) is 3. The molecule has 2 aromatic carbocycles. The van der Waals surface area contributed by atoms with Crippen LogP contribution in [0.5, 0.6) is 5.75 Å². The van der Waals surface area contributed by atoms with E-state index in [4.69, 9.17) is 0 Å². The lowest BCUT2D eigenvalue weighted by Crippen LogP contribution is -2.19. The van der Waals surface area contributed by atoms with E-state index in [0.29, 0.717) is 6.42 Å². The second-order valence-corrected chi connectivity index (χ2v) is 7.38. The predicted molar refractivity (Wildman–Crippen MR) is 107 cm³/mol. The summed E-state index contributed by atoms with van der Waals surface area (Å²) in [7, 11) is 0. The highest BCUT2D eigenvalue weighted by atomic mass is 16.3. The fraction of sp³-hybridized carbons (Fsp3) is 0.250. The first-order valence-electron chi connectivity index (χ1n) is 9.41. The number of hydrogen-bond acceptors (Lipinski definition) is 3. The van der Waals surface area contributed by atoms with Gasteiger partial charge in [-0.05, 0) is 53.7 Å². The summed E-state index contributed by atoms with van der Waals surface area (Å²) in [5, 5.41) is 30.1. The topological polar surface area (TPSA) is 60.7 Å². The van der Waals surface area contributed by atoms with Gasteiger partial charge in [0.15, 0.2) is 0 Å². The molecule has 3 heteroatoms. The van der Waals surface area contributed by atoms with E-state index in [1.54, 1.807) is 12.1 Å². The summed E-state index contributed by atoms with van der Waals surface area (Å²) >= 11 is 0. The van der Waals surface area contributed by atoms with E-state index in [1.165, 1.54) is 5.57 Å². The lowest BCUT2D eigenvalue weighted by molar-refractivity contribution is 0.129. The predicted octanol–water partition coefficient (Wildman–Crippen LogP) is 4.32. The highest BCUT2D eigenvalue weighted by Crippen LogP contribution is 2.41. The molecule has 0 saturated heterocycles. The van der Waals surface area contributed by atoms with Crippen LogP contribution >= 0.6 is 0 Å². The van der Waals surface area contributed by atoms with Gasteiger partial charge in [0.2, 0.25) is 0 Å². The molecule has 2 aliphatic carbocycles. The quantitative estimate of drug-likeness (QED) is 0.761. The summed E-state index contributed by atoms with van der Waals surface area (Å²) in [6.45, 7) is 0. The molecule has 0 saturated carbocycles. The Morgan fingerprint density at radius 2 is 1.74 bits per heavy atom. The normalized spacial score (nSPS) is 24.1. The molecule has 0 amide bonds. The van der Waals surface area contributed by atoms with E-state index >= 15 is 0 Å². The van der Waals surface area contributed by atoms with Crippen molar-refractivity contribution in [3.05, 3.63) is 95.1 Å². The number of allylic oxidation sites excluding steroid dienone is 3. The summed E-state index contributed by atoms with van der Waals surface area (Å²) in [5.41, 5.74) is 5.55. The van der Waals surface area contributed by atoms with Gasteiger partial charge in [0.1, 0.15) is 5.75 Å². The van der Waals surface area contributed by atoms with Crippen LogP contribution in [0, 0.1) is 5.92 Å². The van der Waals surface area contributed by atoms with Crippen molar-refractivity contribution < 1.29 is 15.3 Å². The Hall–Kier alpha value is -2.62. The Labute approximate surface area is 159 Å². The minimum absolute atomic E-state index is 0.00171. The molecule has 2 aliphatic rings. The van der Waals surface area contributed by atoms with Gasteiger partial charge in [0.25, 0.3) is 0 Å². The molecule has 3 unspecified atom stereocenters. The van der Waals surface area contributed by atoms with E-state index in [-0.39, 0.29) is 11.7 Å². The van der Waals surface area contributed by atoms with Crippen LogP contribution in [-0.4, -0.2) is 21.4 Å². The molecule has 0 aromatic heterocycles. The van der Waals surface area contributed by atoms with E-state index in [9.17, 15) is 15.3 Å². The molecule has 3 atom stereocenters. The van der Waals surface area contributed by atoms with E-state index in [2.05, 4.69) is 18.2 Å². The van der Waals surface area contributed by atoms with Crippen LogP contribution in [0.2, 0.25) is 0 Å². The highest BCUT2D eigenvalue weighted by molar-refractivity contribution is 5.73. The standard InChI is InChI=1S/C24H24O3/c25-20-9-5-16(6-10-20)13-18-15-19(14-17-7-11-21(26)12-8-17)24(27)23-4-2-1-3-22(18)23/h1-11,15,19,21,24-27H,12-14H2. The van der Waals surface area contributed by atoms with Gasteiger partial charge in [-0.1, -0.05) is 66.3 Å². The summed E-state index contributed by atoms with van der Waals surface area (Å²) in [4.78, 5) is 0. The van der Waals surface area contributed by atoms with Gasteiger partial charge in [-0.2, -0.15) is 0 Å². The molecule has 3 nitrogen and oxygen atoms in total. The van der Waals surface area contributed by atoms with Crippen molar-refractivity contribution in [2.45, 2.75) is 31.5 Å². The lowest BCUT2D eigenvalue weighted by atomic mass is 9.77. The molecular formula is C24H24O3. The molecular weight excluding hydrogens is 336 g/mol. The maximum atomic E-state index is 10.9. The first kappa shape index (κ1) is 17.8. The van der Waals surface area contributed by atoms with Gasteiger partial charge in [0, 0.05) is 5.92 Å². The van der Waals surface area contributed by atoms with Crippen LogP contribution in [0.3, 0.4) is 0 Å². The van der Waals surface area contributed by atoms with Crippen LogP contribution in [0.4, 0.5) is 0 Å².